The van der Waals surface area contributed by atoms with Crippen molar-refractivity contribution in [2.75, 3.05) is 14.2 Å². The highest BCUT2D eigenvalue weighted by Crippen LogP contribution is 2.30. The lowest BCUT2D eigenvalue weighted by atomic mass is 9.99. The van der Waals surface area contributed by atoms with Gasteiger partial charge in [-0.15, -0.1) is 0 Å². The van der Waals surface area contributed by atoms with Gasteiger partial charge < -0.3 is 9.47 Å². The van der Waals surface area contributed by atoms with Crippen molar-refractivity contribution in [2.24, 2.45) is 0 Å². The molecule has 3 aromatic rings. The van der Waals surface area contributed by atoms with Crippen LogP contribution in [-0.4, -0.2) is 35.9 Å². The molecule has 3 rings (SSSR count). The molecule has 0 aliphatic heterocycles. The second kappa shape index (κ2) is 8.08. The van der Waals surface area contributed by atoms with E-state index in [0.29, 0.717) is 22.9 Å². The van der Waals surface area contributed by atoms with Crippen LogP contribution in [0.25, 0.3) is 16.9 Å². The minimum Gasteiger partial charge on any atom is -0.465 e. The number of hydrogen-bond donors (Lipinski definition) is 0. The molecular weight excluding hydrogens is 356 g/mol. The first-order chi connectivity index (χ1) is 13.5. The lowest BCUT2D eigenvalue weighted by Crippen LogP contribution is -2.15. The van der Waals surface area contributed by atoms with Crippen molar-refractivity contribution < 1.29 is 19.1 Å². The molecule has 0 bridgehead atoms. The van der Waals surface area contributed by atoms with Crippen LogP contribution in [0.4, 0.5) is 0 Å². The monoisotopic (exact) mass is 378 g/mol. The van der Waals surface area contributed by atoms with Crippen LogP contribution in [0.2, 0.25) is 0 Å². The molecule has 0 unspecified atom stereocenters. The number of methoxy groups -OCH3 is 2. The smallest absolute Gasteiger partial charge is 0.357 e. The van der Waals surface area contributed by atoms with E-state index in [1.807, 2.05) is 42.5 Å². The zero-order valence-electron chi connectivity index (χ0n) is 16.3. The number of carbonyl (C=O) groups is 2. The molecule has 1 aromatic heterocycles. The van der Waals surface area contributed by atoms with Crippen LogP contribution in [0.5, 0.6) is 0 Å². The van der Waals surface area contributed by atoms with Gasteiger partial charge in [0.2, 0.25) is 0 Å². The van der Waals surface area contributed by atoms with E-state index in [9.17, 15) is 9.59 Å². The third kappa shape index (κ3) is 3.53. The average Bonchev–Trinajstić information content (AvgIpc) is 3.14. The molecular formula is C22H22N2O4. The zero-order valence-corrected chi connectivity index (χ0v) is 16.3. The van der Waals surface area contributed by atoms with Gasteiger partial charge in [0.05, 0.1) is 19.9 Å². The maximum atomic E-state index is 12.6. The molecule has 0 saturated carbocycles. The number of esters is 2. The Morgan fingerprint density at radius 2 is 1.50 bits per heavy atom. The van der Waals surface area contributed by atoms with E-state index in [1.165, 1.54) is 24.5 Å². The molecule has 1 heterocycles. The van der Waals surface area contributed by atoms with Crippen LogP contribution in [0.15, 0.2) is 54.6 Å². The van der Waals surface area contributed by atoms with Crippen LogP contribution in [0.1, 0.15) is 46.2 Å². The van der Waals surface area contributed by atoms with Gasteiger partial charge in [-0.3, -0.25) is 0 Å². The van der Waals surface area contributed by atoms with Gasteiger partial charge in [0.25, 0.3) is 0 Å². The maximum absolute atomic E-state index is 12.6. The first-order valence-electron chi connectivity index (χ1n) is 8.93. The molecule has 0 aliphatic carbocycles. The molecule has 6 heteroatoms. The number of rotatable bonds is 5. The highest BCUT2D eigenvalue weighted by Gasteiger charge is 2.31. The third-order valence-corrected chi connectivity index (χ3v) is 4.51. The van der Waals surface area contributed by atoms with Gasteiger partial charge >= 0.3 is 11.9 Å². The first kappa shape index (κ1) is 19.4. The quantitative estimate of drug-likeness (QED) is 0.621. The molecule has 0 N–H and O–H groups in total. The number of hydrogen-bond acceptors (Lipinski definition) is 5. The maximum Gasteiger partial charge on any atom is 0.357 e. The molecule has 6 nitrogen and oxygen atoms in total. The molecule has 28 heavy (non-hydrogen) atoms. The summed E-state index contributed by atoms with van der Waals surface area (Å²) >= 11 is 0. The van der Waals surface area contributed by atoms with E-state index in [4.69, 9.17) is 9.47 Å². The fourth-order valence-corrected chi connectivity index (χ4v) is 2.98. The summed E-state index contributed by atoms with van der Waals surface area (Å²) in [5, 5.41) is 4.58. The number of benzene rings is 2. The summed E-state index contributed by atoms with van der Waals surface area (Å²) in [7, 11) is 2.54. The molecule has 144 valence electrons. The topological polar surface area (TPSA) is 70.4 Å². The molecule has 0 aliphatic rings. The molecule has 0 atom stereocenters. The van der Waals surface area contributed by atoms with Crippen LogP contribution < -0.4 is 0 Å². The van der Waals surface area contributed by atoms with Crippen LogP contribution >= 0.6 is 0 Å². The number of ether oxygens (including phenoxy) is 2. The van der Waals surface area contributed by atoms with E-state index in [-0.39, 0.29) is 11.3 Å². The Bertz CT molecular complexity index is 989. The van der Waals surface area contributed by atoms with Gasteiger partial charge in [0, 0.05) is 5.56 Å². The Labute approximate surface area is 163 Å². The van der Waals surface area contributed by atoms with Crippen molar-refractivity contribution in [3.8, 4) is 16.9 Å². The minimum atomic E-state index is -0.665. The molecule has 0 spiro atoms. The second-order valence-corrected chi connectivity index (χ2v) is 6.58. The van der Waals surface area contributed by atoms with Gasteiger partial charge in [-0.05, 0) is 23.6 Å². The van der Waals surface area contributed by atoms with Crippen molar-refractivity contribution >= 4 is 11.9 Å². The number of aromatic nitrogens is 2. The van der Waals surface area contributed by atoms with Gasteiger partial charge in [-0.2, -0.15) is 5.10 Å². The fourth-order valence-electron chi connectivity index (χ4n) is 2.98. The lowest BCUT2D eigenvalue weighted by molar-refractivity contribution is 0.0549. The Morgan fingerprint density at radius 3 is 2.04 bits per heavy atom. The molecule has 0 amide bonds. The Hall–Kier alpha value is -3.41. The first-order valence-corrected chi connectivity index (χ1v) is 8.93. The molecule has 0 fully saturated rings. The van der Waals surface area contributed by atoms with Gasteiger partial charge in [-0.25, -0.2) is 14.3 Å². The molecule has 0 radical (unpaired) electrons. The Balaban J connectivity index is 2.28. The number of para-hydroxylation sites is 1. The summed E-state index contributed by atoms with van der Waals surface area (Å²) in [5.41, 5.74) is 2.99. The van der Waals surface area contributed by atoms with Crippen molar-refractivity contribution in [3.63, 3.8) is 0 Å². The van der Waals surface area contributed by atoms with E-state index >= 15 is 0 Å². The summed E-state index contributed by atoms with van der Waals surface area (Å²) in [4.78, 5) is 25.1. The van der Waals surface area contributed by atoms with Gasteiger partial charge in [0.15, 0.2) is 5.69 Å². The van der Waals surface area contributed by atoms with E-state index in [0.717, 1.165) is 0 Å². The highest BCUT2D eigenvalue weighted by atomic mass is 16.5. The van der Waals surface area contributed by atoms with Crippen LogP contribution in [-0.2, 0) is 9.47 Å². The van der Waals surface area contributed by atoms with Crippen molar-refractivity contribution in [3.05, 3.63) is 71.4 Å². The average molecular weight is 378 g/mol. The van der Waals surface area contributed by atoms with E-state index in [2.05, 4.69) is 18.9 Å². The summed E-state index contributed by atoms with van der Waals surface area (Å²) < 4.78 is 11.3. The third-order valence-electron chi connectivity index (χ3n) is 4.51. The highest BCUT2D eigenvalue weighted by molar-refractivity contribution is 6.06. The SMILES string of the molecule is COC(=O)c1c(-c2ccc(C(C)C)cc2)nn(-c2ccccc2)c1C(=O)OC. The van der Waals surface area contributed by atoms with Crippen molar-refractivity contribution in [2.45, 2.75) is 19.8 Å². The summed E-state index contributed by atoms with van der Waals surface area (Å²) in [6.45, 7) is 4.21. The van der Waals surface area contributed by atoms with Crippen LogP contribution in [0, 0.1) is 0 Å². The lowest BCUT2D eigenvalue weighted by Gasteiger charge is -2.07. The van der Waals surface area contributed by atoms with E-state index in [1.54, 1.807) is 12.1 Å². The zero-order chi connectivity index (χ0) is 20.3. The Morgan fingerprint density at radius 1 is 0.893 bits per heavy atom. The summed E-state index contributed by atoms with van der Waals surface area (Å²) in [6.07, 6.45) is 0. The number of nitrogens with zero attached hydrogens (tertiary/aromatic N) is 2. The van der Waals surface area contributed by atoms with Gasteiger partial charge in [-0.1, -0.05) is 56.3 Å². The molecule has 2 aromatic carbocycles. The Kier molecular flexibility index (Phi) is 5.59. The minimum absolute atomic E-state index is 0.0310. The van der Waals surface area contributed by atoms with Crippen molar-refractivity contribution in [1.82, 2.24) is 9.78 Å². The van der Waals surface area contributed by atoms with Gasteiger partial charge in [0.1, 0.15) is 11.3 Å². The summed E-state index contributed by atoms with van der Waals surface area (Å²) in [6, 6.07) is 16.9. The number of carbonyl (C=O) groups excluding carboxylic acids is 2. The van der Waals surface area contributed by atoms with Crippen LogP contribution in [0.3, 0.4) is 0 Å². The fraction of sp³-hybridized carbons (Fsp3) is 0.227. The molecule has 0 saturated heterocycles. The van der Waals surface area contributed by atoms with E-state index < -0.39 is 11.9 Å². The predicted octanol–water partition coefficient (Wildman–Crippen LogP) is 4.24. The summed E-state index contributed by atoms with van der Waals surface area (Å²) in [5.74, 6) is -0.936. The van der Waals surface area contributed by atoms with Crippen molar-refractivity contribution in [1.29, 1.82) is 0 Å². The second-order valence-electron chi connectivity index (χ2n) is 6.58. The largest absolute Gasteiger partial charge is 0.465 e. The normalized spacial score (nSPS) is 10.8. The predicted molar refractivity (Wildman–Crippen MR) is 106 cm³/mol. The standard InChI is InChI=1S/C22H22N2O4/c1-14(2)15-10-12-16(13-11-15)19-18(21(25)27-3)20(22(26)28-4)24(23-19)17-8-6-5-7-9-17/h5-14H,1-4H3.